The number of aliphatic hydroxyl groups is 1. The lowest BCUT2D eigenvalue weighted by Crippen LogP contribution is -2.22. The van der Waals surface area contributed by atoms with Crippen LogP contribution < -0.4 is 11.1 Å². The number of carbonyl (C=O) groups excluding carboxylic acids is 1. The van der Waals surface area contributed by atoms with Crippen LogP contribution >= 0.6 is 0 Å². The number of nitrogens with zero attached hydrogens (tertiary/aromatic N) is 4. The molecular formula is C26H22N6O3. The van der Waals surface area contributed by atoms with Gasteiger partial charge in [-0.15, -0.1) is 0 Å². The van der Waals surface area contributed by atoms with E-state index in [4.69, 9.17) is 15.2 Å². The molecule has 2 unspecified atom stereocenters. The molecule has 35 heavy (non-hydrogen) atoms. The number of anilines is 1. The second-order valence-electron chi connectivity index (χ2n) is 8.53. The van der Waals surface area contributed by atoms with Crippen molar-refractivity contribution in [3.63, 3.8) is 0 Å². The normalized spacial score (nSPS) is 17.4. The molecule has 1 aliphatic rings. The highest BCUT2D eigenvalue weighted by Crippen LogP contribution is 2.34. The summed E-state index contributed by atoms with van der Waals surface area (Å²) in [6.45, 7) is 0.349. The van der Waals surface area contributed by atoms with Crippen LogP contribution in [-0.2, 0) is 6.54 Å². The second-order valence-corrected chi connectivity index (χ2v) is 8.53. The molecule has 0 radical (unpaired) electrons. The Morgan fingerprint density at radius 3 is 2.74 bits per heavy atom. The monoisotopic (exact) mass is 466 g/mol. The van der Waals surface area contributed by atoms with Gasteiger partial charge in [-0.3, -0.25) is 4.79 Å². The highest BCUT2D eigenvalue weighted by molar-refractivity contribution is 5.98. The van der Waals surface area contributed by atoms with Gasteiger partial charge in [0.1, 0.15) is 23.4 Å². The van der Waals surface area contributed by atoms with Gasteiger partial charge in [-0.05, 0) is 17.7 Å². The Morgan fingerprint density at radius 2 is 1.97 bits per heavy atom. The molecule has 174 valence electrons. The lowest BCUT2D eigenvalue weighted by molar-refractivity contribution is 0.0925. The summed E-state index contributed by atoms with van der Waals surface area (Å²) >= 11 is 0. The number of rotatable bonds is 5. The summed E-state index contributed by atoms with van der Waals surface area (Å²) in [5.41, 5.74) is 9.95. The van der Waals surface area contributed by atoms with Gasteiger partial charge >= 0.3 is 0 Å². The third-order valence-electron chi connectivity index (χ3n) is 6.20. The van der Waals surface area contributed by atoms with Gasteiger partial charge in [0.15, 0.2) is 11.4 Å². The minimum atomic E-state index is -0.504. The predicted octanol–water partition coefficient (Wildman–Crippen LogP) is 3.61. The van der Waals surface area contributed by atoms with Crippen LogP contribution in [0.4, 0.5) is 5.82 Å². The molecule has 1 aliphatic carbocycles. The number of nitrogen functional groups attached to an aromatic ring is 1. The summed E-state index contributed by atoms with van der Waals surface area (Å²) in [5, 5.41) is 19.2. The van der Waals surface area contributed by atoms with E-state index in [-0.39, 0.29) is 17.7 Å². The third-order valence-corrected chi connectivity index (χ3v) is 6.20. The van der Waals surface area contributed by atoms with Gasteiger partial charge in [-0.25, -0.2) is 14.6 Å². The number of benzene rings is 2. The number of hydrogen-bond donors (Lipinski definition) is 3. The molecule has 6 rings (SSSR count). The number of furan rings is 1. The van der Waals surface area contributed by atoms with Crippen LogP contribution in [0.25, 0.3) is 33.3 Å². The molecule has 2 atom stereocenters. The zero-order valence-corrected chi connectivity index (χ0v) is 18.6. The molecule has 9 nitrogen and oxygen atoms in total. The Hall–Kier alpha value is -4.50. The highest BCUT2D eigenvalue weighted by atomic mass is 16.3. The van der Waals surface area contributed by atoms with Gasteiger partial charge in [-0.1, -0.05) is 54.6 Å². The van der Waals surface area contributed by atoms with Crippen LogP contribution in [0.2, 0.25) is 0 Å². The molecule has 4 N–H and O–H groups in total. The van der Waals surface area contributed by atoms with E-state index in [1.807, 2.05) is 54.6 Å². The molecule has 5 aromatic rings. The van der Waals surface area contributed by atoms with Crippen molar-refractivity contribution in [3.05, 3.63) is 84.4 Å². The van der Waals surface area contributed by atoms with Gasteiger partial charge < -0.3 is 20.6 Å². The molecule has 9 heteroatoms. The van der Waals surface area contributed by atoms with Crippen molar-refractivity contribution >= 4 is 33.7 Å². The Balaban J connectivity index is 1.24. The number of aliphatic hydroxyl groups excluding tert-OH is 1. The van der Waals surface area contributed by atoms with Gasteiger partial charge in [0.25, 0.3) is 5.91 Å². The lowest BCUT2D eigenvalue weighted by atomic mass is 10.1. The minimum Gasteiger partial charge on any atom is -0.451 e. The fourth-order valence-electron chi connectivity index (χ4n) is 4.41. The van der Waals surface area contributed by atoms with Crippen molar-refractivity contribution in [2.75, 3.05) is 5.73 Å². The topological polar surface area (TPSA) is 132 Å². The number of fused-ring (bicyclic) bond motifs is 2. The molecule has 0 fully saturated rings. The van der Waals surface area contributed by atoms with Crippen molar-refractivity contribution in [2.45, 2.75) is 25.1 Å². The van der Waals surface area contributed by atoms with E-state index in [1.165, 1.54) is 6.33 Å². The molecule has 0 spiro atoms. The van der Waals surface area contributed by atoms with E-state index in [0.29, 0.717) is 41.1 Å². The van der Waals surface area contributed by atoms with Gasteiger partial charge in [-0.2, -0.15) is 5.10 Å². The maximum Gasteiger partial charge on any atom is 0.287 e. The van der Waals surface area contributed by atoms with Crippen molar-refractivity contribution in [3.8, 4) is 11.3 Å². The van der Waals surface area contributed by atoms with Crippen LogP contribution in [0.15, 0.2) is 77.5 Å². The van der Waals surface area contributed by atoms with Crippen molar-refractivity contribution in [1.29, 1.82) is 0 Å². The zero-order valence-electron chi connectivity index (χ0n) is 18.6. The number of carbonyl (C=O) groups is 1. The molecule has 3 aromatic heterocycles. The summed E-state index contributed by atoms with van der Waals surface area (Å²) < 4.78 is 7.42. The molecule has 0 saturated heterocycles. The van der Waals surface area contributed by atoms with E-state index in [0.717, 1.165) is 16.5 Å². The summed E-state index contributed by atoms with van der Waals surface area (Å²) in [6, 6.07) is 16.9. The molecule has 1 amide bonds. The molecule has 0 aliphatic heterocycles. The quantitative estimate of drug-likeness (QED) is 0.337. The van der Waals surface area contributed by atoms with Crippen LogP contribution in [0.3, 0.4) is 0 Å². The SMILES string of the molecule is Nc1ncnc2c1c(-c1ccc(CNC(=O)c3cc4ccccc4o3)cc1)nn2C1C=CC(O)C1. The van der Waals surface area contributed by atoms with E-state index < -0.39 is 6.10 Å². The van der Waals surface area contributed by atoms with Crippen molar-refractivity contribution < 1.29 is 14.3 Å². The predicted molar refractivity (Wildman–Crippen MR) is 131 cm³/mol. The first-order chi connectivity index (χ1) is 17.1. The first kappa shape index (κ1) is 21.1. The average molecular weight is 467 g/mol. The minimum absolute atomic E-state index is 0.108. The number of nitrogens with one attached hydrogen (secondary N) is 1. The Labute approximate surface area is 199 Å². The fraction of sp³-hybridized carbons (Fsp3) is 0.154. The Kier molecular flexibility index (Phi) is 5.04. The molecule has 0 bridgehead atoms. The first-order valence-electron chi connectivity index (χ1n) is 11.3. The van der Waals surface area contributed by atoms with Crippen LogP contribution in [0.1, 0.15) is 28.6 Å². The largest absolute Gasteiger partial charge is 0.451 e. The molecule has 0 saturated carbocycles. The molecular weight excluding hydrogens is 444 g/mol. The maximum atomic E-state index is 12.5. The fourth-order valence-corrected chi connectivity index (χ4v) is 4.41. The lowest BCUT2D eigenvalue weighted by Gasteiger charge is -2.10. The highest BCUT2D eigenvalue weighted by Gasteiger charge is 2.25. The number of amides is 1. The van der Waals surface area contributed by atoms with Crippen LogP contribution in [0, 0.1) is 0 Å². The standard InChI is InChI=1S/C26H22N6O3/c27-24-22-23(31-32(25(22)30-14-29-24)18-9-10-19(33)12-18)16-7-5-15(6-8-16)13-28-26(34)21-11-17-3-1-2-4-20(17)35-21/h1-11,14,18-19,33H,12-13H2,(H,28,34)(H2,27,29,30). The van der Waals surface area contributed by atoms with E-state index >= 15 is 0 Å². The number of allylic oxidation sites excluding steroid dienone is 1. The van der Waals surface area contributed by atoms with Gasteiger partial charge in [0, 0.05) is 23.9 Å². The number of para-hydroxylation sites is 1. The van der Waals surface area contributed by atoms with Crippen molar-refractivity contribution in [1.82, 2.24) is 25.1 Å². The number of nitrogens with two attached hydrogens (primary N) is 1. The van der Waals surface area contributed by atoms with E-state index in [2.05, 4.69) is 15.3 Å². The zero-order chi connectivity index (χ0) is 23.9. The Bertz CT molecular complexity index is 1550. The smallest absolute Gasteiger partial charge is 0.287 e. The van der Waals surface area contributed by atoms with Gasteiger partial charge in [0.05, 0.1) is 17.5 Å². The van der Waals surface area contributed by atoms with E-state index in [1.54, 1.807) is 16.8 Å². The maximum absolute atomic E-state index is 12.5. The number of aromatic nitrogens is 4. The van der Waals surface area contributed by atoms with Crippen molar-refractivity contribution in [2.24, 2.45) is 0 Å². The average Bonchev–Trinajstić information content (AvgIpc) is 3.59. The van der Waals surface area contributed by atoms with Crippen LogP contribution in [0.5, 0.6) is 0 Å². The molecule has 2 aromatic carbocycles. The molecule has 3 heterocycles. The van der Waals surface area contributed by atoms with E-state index in [9.17, 15) is 9.90 Å². The van der Waals surface area contributed by atoms with Crippen LogP contribution in [-0.4, -0.2) is 36.9 Å². The second kappa shape index (κ2) is 8.37. The Morgan fingerprint density at radius 1 is 1.14 bits per heavy atom. The first-order valence-corrected chi connectivity index (χ1v) is 11.3. The summed E-state index contributed by atoms with van der Waals surface area (Å²) in [5.74, 6) is 0.356. The summed E-state index contributed by atoms with van der Waals surface area (Å²) in [6.07, 6.45) is 5.13. The summed E-state index contributed by atoms with van der Waals surface area (Å²) in [4.78, 5) is 21.1. The number of hydrogen-bond acceptors (Lipinski definition) is 7. The summed E-state index contributed by atoms with van der Waals surface area (Å²) in [7, 11) is 0. The third kappa shape index (κ3) is 3.81. The van der Waals surface area contributed by atoms with Gasteiger partial charge in [0.2, 0.25) is 0 Å².